The van der Waals surface area contributed by atoms with Gasteiger partial charge in [-0.25, -0.2) is 0 Å². The minimum atomic E-state index is 0.222. The molecule has 1 heterocycles. The molecule has 0 spiro atoms. The number of unbranched alkanes of at least 4 members (excludes halogenated alkanes) is 1. The average molecular weight is 290 g/mol. The second kappa shape index (κ2) is 9.60. The minimum Gasteiger partial charge on any atom is -0.377 e. The van der Waals surface area contributed by atoms with Gasteiger partial charge in [0.15, 0.2) is 0 Å². The van der Waals surface area contributed by atoms with Crippen molar-refractivity contribution in [2.24, 2.45) is 5.92 Å². The Morgan fingerprint density at radius 3 is 2.58 bits per heavy atom. The second-order valence-electron chi connectivity index (χ2n) is 5.33. The van der Waals surface area contributed by atoms with E-state index in [-0.39, 0.29) is 5.92 Å². The van der Waals surface area contributed by atoms with E-state index in [1.165, 1.54) is 0 Å². The zero-order chi connectivity index (χ0) is 14.1. The third kappa shape index (κ3) is 5.70. The average Bonchev–Trinajstić information content (AvgIpc) is 2.46. The van der Waals surface area contributed by atoms with Gasteiger partial charge in [0.2, 0.25) is 5.91 Å². The van der Waals surface area contributed by atoms with Gasteiger partial charge in [-0.15, -0.1) is 11.6 Å². The van der Waals surface area contributed by atoms with Crippen LogP contribution in [0.1, 0.15) is 52.4 Å². The predicted molar refractivity (Wildman–Crippen MR) is 79.6 cm³/mol. The molecule has 0 aromatic carbocycles. The summed E-state index contributed by atoms with van der Waals surface area (Å²) in [5, 5.41) is 0. The summed E-state index contributed by atoms with van der Waals surface area (Å²) in [5.74, 6) is 1.13. The van der Waals surface area contributed by atoms with E-state index >= 15 is 0 Å². The Hall–Kier alpha value is -0.280. The Bertz CT molecular complexity index is 253. The Kier molecular flexibility index (Phi) is 8.47. The summed E-state index contributed by atoms with van der Waals surface area (Å²) in [6, 6.07) is 0. The number of amides is 1. The van der Waals surface area contributed by atoms with Crippen LogP contribution in [0.4, 0.5) is 0 Å². The van der Waals surface area contributed by atoms with Gasteiger partial charge in [0.1, 0.15) is 0 Å². The van der Waals surface area contributed by atoms with E-state index in [9.17, 15) is 4.79 Å². The number of carbonyl (C=O) groups excluding carboxylic acids is 1. The zero-order valence-electron chi connectivity index (χ0n) is 12.4. The van der Waals surface area contributed by atoms with Gasteiger partial charge < -0.3 is 9.64 Å². The molecule has 0 saturated carbocycles. The van der Waals surface area contributed by atoms with Crippen molar-refractivity contribution >= 4 is 17.5 Å². The highest BCUT2D eigenvalue weighted by molar-refractivity contribution is 6.17. The van der Waals surface area contributed by atoms with E-state index < -0.39 is 0 Å². The van der Waals surface area contributed by atoms with Gasteiger partial charge in [0.05, 0.1) is 12.7 Å². The minimum absolute atomic E-state index is 0.222. The van der Waals surface area contributed by atoms with Crippen molar-refractivity contribution in [1.82, 2.24) is 4.90 Å². The molecule has 3 nitrogen and oxygen atoms in total. The van der Waals surface area contributed by atoms with E-state index in [1.807, 2.05) is 4.90 Å². The standard InChI is InChI=1S/C15H28ClNO2/c1-3-5-6-13(4-2)15(18)17-10-7-14(8-11-17)19-12-9-16/h13-14H,3-12H2,1-2H3. The summed E-state index contributed by atoms with van der Waals surface area (Å²) >= 11 is 5.62. The number of rotatable bonds is 8. The van der Waals surface area contributed by atoms with Crippen LogP contribution in [0.2, 0.25) is 0 Å². The van der Waals surface area contributed by atoms with E-state index in [4.69, 9.17) is 16.3 Å². The first kappa shape index (κ1) is 16.8. The quantitative estimate of drug-likeness (QED) is 0.641. The van der Waals surface area contributed by atoms with Gasteiger partial charge in [-0.2, -0.15) is 0 Å². The Balaban J connectivity index is 2.34. The van der Waals surface area contributed by atoms with Crippen LogP contribution in [-0.2, 0) is 9.53 Å². The van der Waals surface area contributed by atoms with Crippen LogP contribution in [0, 0.1) is 5.92 Å². The Labute approximate surface area is 122 Å². The fourth-order valence-corrected chi connectivity index (χ4v) is 2.75. The maximum Gasteiger partial charge on any atom is 0.225 e. The Morgan fingerprint density at radius 1 is 1.37 bits per heavy atom. The van der Waals surface area contributed by atoms with Crippen LogP contribution >= 0.6 is 11.6 Å². The number of alkyl halides is 1. The molecule has 0 N–H and O–H groups in total. The molecule has 0 bridgehead atoms. The fraction of sp³-hybridized carbons (Fsp3) is 0.933. The number of hydrogen-bond donors (Lipinski definition) is 0. The van der Waals surface area contributed by atoms with E-state index in [2.05, 4.69) is 13.8 Å². The van der Waals surface area contributed by atoms with Crippen molar-refractivity contribution in [1.29, 1.82) is 0 Å². The van der Waals surface area contributed by atoms with Gasteiger partial charge >= 0.3 is 0 Å². The third-order valence-corrected chi connectivity index (χ3v) is 4.09. The molecule has 1 saturated heterocycles. The number of nitrogens with zero attached hydrogens (tertiary/aromatic N) is 1. The number of hydrogen-bond acceptors (Lipinski definition) is 2. The normalized spacial score (nSPS) is 18.6. The highest BCUT2D eigenvalue weighted by atomic mass is 35.5. The number of halogens is 1. The largest absolute Gasteiger partial charge is 0.377 e. The molecule has 19 heavy (non-hydrogen) atoms. The van der Waals surface area contributed by atoms with Crippen LogP contribution < -0.4 is 0 Å². The first-order valence-corrected chi connectivity index (χ1v) is 8.22. The van der Waals surface area contributed by atoms with E-state index in [0.29, 0.717) is 24.5 Å². The third-order valence-electron chi connectivity index (χ3n) is 3.93. The van der Waals surface area contributed by atoms with Crippen molar-refractivity contribution in [2.45, 2.75) is 58.5 Å². The van der Waals surface area contributed by atoms with Gasteiger partial charge in [0.25, 0.3) is 0 Å². The fourth-order valence-electron chi connectivity index (χ4n) is 2.67. The summed E-state index contributed by atoms with van der Waals surface area (Å²) in [5.41, 5.74) is 0. The molecule has 112 valence electrons. The second-order valence-corrected chi connectivity index (χ2v) is 5.71. The highest BCUT2D eigenvalue weighted by Crippen LogP contribution is 2.20. The molecule has 1 aliphatic rings. The lowest BCUT2D eigenvalue weighted by Crippen LogP contribution is -2.43. The topological polar surface area (TPSA) is 29.5 Å². The smallest absolute Gasteiger partial charge is 0.225 e. The first-order valence-electron chi connectivity index (χ1n) is 7.69. The summed E-state index contributed by atoms with van der Waals surface area (Å²) in [6.45, 7) is 6.60. The molecule has 1 aliphatic heterocycles. The number of likely N-dealkylation sites (tertiary alicyclic amines) is 1. The zero-order valence-corrected chi connectivity index (χ0v) is 13.1. The van der Waals surface area contributed by atoms with Crippen molar-refractivity contribution in [3.05, 3.63) is 0 Å². The molecule has 4 heteroatoms. The van der Waals surface area contributed by atoms with Crippen LogP contribution in [0.15, 0.2) is 0 Å². The van der Waals surface area contributed by atoms with Crippen LogP contribution in [-0.4, -0.2) is 42.5 Å². The SMILES string of the molecule is CCCCC(CC)C(=O)N1CCC(OCCCl)CC1. The highest BCUT2D eigenvalue weighted by Gasteiger charge is 2.27. The molecule has 1 amide bonds. The van der Waals surface area contributed by atoms with Crippen molar-refractivity contribution in [3.63, 3.8) is 0 Å². The summed E-state index contributed by atoms with van der Waals surface area (Å²) < 4.78 is 5.64. The maximum atomic E-state index is 12.4. The predicted octanol–water partition coefficient (Wildman–Crippen LogP) is 3.45. The van der Waals surface area contributed by atoms with E-state index in [1.54, 1.807) is 0 Å². The molecule has 0 aromatic heterocycles. The lowest BCUT2D eigenvalue weighted by atomic mass is 9.96. The molecular formula is C15H28ClNO2. The number of ether oxygens (including phenoxy) is 1. The molecule has 1 unspecified atom stereocenters. The molecular weight excluding hydrogens is 262 g/mol. The molecule has 1 rings (SSSR count). The summed E-state index contributed by atoms with van der Waals surface area (Å²) in [6.07, 6.45) is 6.51. The van der Waals surface area contributed by atoms with Gasteiger partial charge in [-0.05, 0) is 25.7 Å². The van der Waals surface area contributed by atoms with Gasteiger partial charge in [-0.1, -0.05) is 26.7 Å². The first-order chi connectivity index (χ1) is 9.22. The lowest BCUT2D eigenvalue weighted by molar-refractivity contribution is -0.138. The molecule has 0 aliphatic carbocycles. The summed E-state index contributed by atoms with van der Waals surface area (Å²) in [7, 11) is 0. The van der Waals surface area contributed by atoms with Crippen LogP contribution in [0.5, 0.6) is 0 Å². The van der Waals surface area contributed by atoms with Crippen molar-refractivity contribution in [3.8, 4) is 0 Å². The molecule has 0 aromatic rings. The van der Waals surface area contributed by atoms with E-state index in [0.717, 1.165) is 51.6 Å². The monoisotopic (exact) mass is 289 g/mol. The van der Waals surface area contributed by atoms with Crippen LogP contribution in [0.25, 0.3) is 0 Å². The van der Waals surface area contributed by atoms with Crippen molar-refractivity contribution in [2.75, 3.05) is 25.6 Å². The number of piperidine rings is 1. The van der Waals surface area contributed by atoms with Gasteiger partial charge in [-0.3, -0.25) is 4.79 Å². The van der Waals surface area contributed by atoms with Gasteiger partial charge in [0, 0.05) is 24.9 Å². The Morgan fingerprint density at radius 2 is 2.05 bits per heavy atom. The summed E-state index contributed by atoms with van der Waals surface area (Å²) in [4.78, 5) is 14.5. The van der Waals surface area contributed by atoms with Crippen molar-refractivity contribution < 1.29 is 9.53 Å². The molecule has 1 atom stereocenters. The van der Waals surface area contributed by atoms with Crippen LogP contribution in [0.3, 0.4) is 0 Å². The molecule has 0 radical (unpaired) electrons. The number of carbonyl (C=O) groups is 1. The maximum absolute atomic E-state index is 12.4. The molecule has 1 fully saturated rings. The lowest BCUT2D eigenvalue weighted by Gasteiger charge is -2.34.